The molecule has 9 nitrogen and oxygen atoms in total. The minimum absolute atomic E-state index is 0.00742. The lowest BCUT2D eigenvalue weighted by Crippen LogP contribution is -2.37. The van der Waals surface area contributed by atoms with Gasteiger partial charge in [-0.05, 0) is 78.4 Å². The summed E-state index contributed by atoms with van der Waals surface area (Å²) in [6.07, 6.45) is 2.13. The van der Waals surface area contributed by atoms with Crippen molar-refractivity contribution < 1.29 is 39.2 Å². The van der Waals surface area contributed by atoms with E-state index in [4.69, 9.17) is 27.9 Å². The van der Waals surface area contributed by atoms with Crippen molar-refractivity contribution >= 4 is 47.0 Å². The minimum Gasteiger partial charge on any atom is -0.478 e. The van der Waals surface area contributed by atoms with Gasteiger partial charge in [-0.3, -0.25) is 4.79 Å². The first-order valence-electron chi connectivity index (χ1n) is 13.5. The molecule has 4 aromatic rings. The molecule has 0 fully saturated rings. The van der Waals surface area contributed by atoms with E-state index in [0.717, 1.165) is 36.1 Å². The van der Waals surface area contributed by atoms with E-state index in [1.165, 1.54) is 4.90 Å². The number of nitrogens with zero attached hydrogens (tertiary/aromatic N) is 1. The molecule has 44 heavy (non-hydrogen) atoms. The maximum absolute atomic E-state index is 14.4. The highest BCUT2D eigenvalue weighted by molar-refractivity contribution is 6.34. The Morgan fingerprint density at radius 2 is 1.34 bits per heavy atom. The van der Waals surface area contributed by atoms with Crippen molar-refractivity contribution in [3.05, 3.63) is 128 Å². The van der Waals surface area contributed by atoms with Gasteiger partial charge in [-0.2, -0.15) is 0 Å². The van der Waals surface area contributed by atoms with Gasteiger partial charge in [-0.1, -0.05) is 59.6 Å². The van der Waals surface area contributed by atoms with Crippen molar-refractivity contribution in [2.75, 3.05) is 0 Å². The van der Waals surface area contributed by atoms with Crippen LogP contribution in [0.3, 0.4) is 0 Å². The number of ether oxygens (including phenoxy) is 1. The number of carbonyl (C=O) groups excluding carboxylic acids is 1. The molecular weight excluding hydrogens is 609 g/mol. The third-order valence-electron chi connectivity index (χ3n) is 7.38. The average molecular weight is 634 g/mol. The first kappa shape index (κ1) is 30.6. The van der Waals surface area contributed by atoms with Crippen LogP contribution >= 0.6 is 23.2 Å². The smallest absolute Gasteiger partial charge is 0.336 e. The Morgan fingerprint density at radius 1 is 0.727 bits per heavy atom. The Hall–Kier alpha value is -4.86. The Labute approximate surface area is 261 Å². The fourth-order valence-electron chi connectivity index (χ4n) is 5.47. The van der Waals surface area contributed by atoms with E-state index in [1.54, 1.807) is 42.5 Å². The SMILES string of the molecule is O=C(O)c1cc(C(=O)O)c(C(=O)N(Cc2cccc(Oc3cc(Cl)cc(Cl)c3)c2)[C@H]2CCCc3ccccc32)cc1C(=O)O. The quantitative estimate of drug-likeness (QED) is 0.171. The highest BCUT2D eigenvalue weighted by Crippen LogP contribution is 2.37. The van der Waals surface area contributed by atoms with Crippen molar-refractivity contribution in [1.29, 1.82) is 0 Å². The zero-order valence-corrected chi connectivity index (χ0v) is 24.5. The van der Waals surface area contributed by atoms with E-state index in [-0.39, 0.29) is 6.54 Å². The van der Waals surface area contributed by atoms with Gasteiger partial charge in [0, 0.05) is 16.6 Å². The summed E-state index contributed by atoms with van der Waals surface area (Å²) in [5, 5.41) is 30.0. The van der Waals surface area contributed by atoms with E-state index < -0.39 is 52.1 Å². The predicted octanol–water partition coefficient (Wildman–Crippen LogP) is 7.60. The van der Waals surface area contributed by atoms with Crippen LogP contribution in [-0.2, 0) is 13.0 Å². The molecule has 5 rings (SSSR count). The van der Waals surface area contributed by atoms with Crippen LogP contribution in [0.15, 0.2) is 78.9 Å². The molecule has 3 N–H and O–H groups in total. The van der Waals surface area contributed by atoms with Crippen LogP contribution in [0.5, 0.6) is 11.5 Å². The van der Waals surface area contributed by atoms with E-state index in [2.05, 4.69) is 0 Å². The van der Waals surface area contributed by atoms with Gasteiger partial charge < -0.3 is 25.0 Å². The number of hydrogen-bond donors (Lipinski definition) is 3. The summed E-state index contributed by atoms with van der Waals surface area (Å²) in [5.74, 6) is -4.71. The standard InChI is InChI=1S/C33H25Cl2NO8/c34-20-12-21(35)14-23(13-20)44-22-8-3-5-18(11-22)17-36(29-10-4-7-19-6-1-2-9-24(19)29)30(37)25-15-27(32(40)41)28(33(42)43)16-26(25)31(38)39/h1-3,5-6,8-9,11-16,29H,4,7,10,17H2,(H,38,39)(H,40,41)(H,42,43)/t29-/m0/s1. The summed E-state index contributed by atoms with van der Waals surface area (Å²) in [6.45, 7) is 0.00742. The van der Waals surface area contributed by atoms with Gasteiger partial charge in [-0.15, -0.1) is 0 Å². The minimum atomic E-state index is -1.63. The maximum atomic E-state index is 14.4. The van der Waals surface area contributed by atoms with Crippen molar-refractivity contribution in [2.45, 2.75) is 31.8 Å². The van der Waals surface area contributed by atoms with E-state index in [1.807, 2.05) is 24.3 Å². The molecule has 1 atom stereocenters. The summed E-state index contributed by atoms with van der Waals surface area (Å²) < 4.78 is 5.97. The summed E-state index contributed by atoms with van der Waals surface area (Å²) in [6, 6.07) is 20.5. The molecule has 0 spiro atoms. The Morgan fingerprint density at radius 3 is 2.00 bits per heavy atom. The number of amides is 1. The van der Waals surface area contributed by atoms with Gasteiger partial charge in [-0.25, -0.2) is 14.4 Å². The second kappa shape index (κ2) is 12.8. The van der Waals surface area contributed by atoms with Crippen LogP contribution in [0.2, 0.25) is 10.0 Å². The van der Waals surface area contributed by atoms with Gasteiger partial charge in [0.05, 0.1) is 28.3 Å². The van der Waals surface area contributed by atoms with Crippen molar-refractivity contribution in [2.24, 2.45) is 0 Å². The van der Waals surface area contributed by atoms with Crippen molar-refractivity contribution in [3.8, 4) is 11.5 Å². The van der Waals surface area contributed by atoms with Gasteiger partial charge in [0.1, 0.15) is 11.5 Å². The fourth-order valence-corrected chi connectivity index (χ4v) is 5.97. The molecule has 11 heteroatoms. The number of halogens is 2. The summed E-state index contributed by atoms with van der Waals surface area (Å²) in [5.41, 5.74) is 0.125. The Balaban J connectivity index is 1.60. The molecule has 1 aliphatic rings. The molecule has 1 amide bonds. The first-order chi connectivity index (χ1) is 21.0. The number of carbonyl (C=O) groups is 4. The second-order valence-corrected chi connectivity index (χ2v) is 11.1. The van der Waals surface area contributed by atoms with Crippen LogP contribution in [0.25, 0.3) is 0 Å². The number of carboxylic acids is 3. The normalized spacial score (nSPS) is 13.9. The average Bonchev–Trinajstić information content (AvgIpc) is 2.98. The highest BCUT2D eigenvalue weighted by Gasteiger charge is 2.33. The number of aromatic carboxylic acids is 3. The molecule has 0 aromatic heterocycles. The molecule has 0 unspecified atom stereocenters. The second-order valence-electron chi connectivity index (χ2n) is 10.3. The lowest BCUT2D eigenvalue weighted by Gasteiger charge is -2.36. The first-order valence-corrected chi connectivity index (χ1v) is 14.3. The third-order valence-corrected chi connectivity index (χ3v) is 7.81. The number of rotatable bonds is 9. The molecule has 0 saturated carbocycles. The molecule has 0 saturated heterocycles. The van der Waals surface area contributed by atoms with Crippen molar-refractivity contribution in [3.63, 3.8) is 0 Å². The summed E-state index contributed by atoms with van der Waals surface area (Å²) in [7, 11) is 0. The lowest BCUT2D eigenvalue weighted by molar-refractivity contribution is 0.0611. The molecule has 224 valence electrons. The molecule has 0 radical (unpaired) electrons. The van der Waals surface area contributed by atoms with Crippen LogP contribution in [0.4, 0.5) is 0 Å². The maximum Gasteiger partial charge on any atom is 0.336 e. The number of benzene rings is 4. The molecule has 1 aliphatic carbocycles. The van der Waals surface area contributed by atoms with Crippen LogP contribution in [0.1, 0.15) is 77.0 Å². The number of aryl methyl sites for hydroxylation is 1. The molecule has 0 heterocycles. The zero-order chi connectivity index (χ0) is 31.5. The number of fused-ring (bicyclic) bond motifs is 1. The number of carboxylic acid groups (broad SMARTS) is 3. The Kier molecular flexibility index (Phi) is 8.89. The van der Waals surface area contributed by atoms with E-state index >= 15 is 0 Å². The molecule has 4 aromatic carbocycles. The van der Waals surface area contributed by atoms with E-state index in [0.29, 0.717) is 33.5 Å². The fraction of sp³-hybridized carbons (Fsp3) is 0.152. The van der Waals surface area contributed by atoms with Gasteiger partial charge in [0.2, 0.25) is 0 Å². The lowest BCUT2D eigenvalue weighted by atomic mass is 9.86. The largest absolute Gasteiger partial charge is 0.478 e. The number of hydrogen-bond acceptors (Lipinski definition) is 5. The van der Waals surface area contributed by atoms with Crippen LogP contribution in [0, 0.1) is 0 Å². The van der Waals surface area contributed by atoms with Gasteiger partial charge in [0.15, 0.2) is 0 Å². The predicted molar refractivity (Wildman–Crippen MR) is 162 cm³/mol. The Bertz CT molecular complexity index is 1780. The molecule has 0 aliphatic heterocycles. The van der Waals surface area contributed by atoms with Crippen LogP contribution < -0.4 is 4.74 Å². The molecule has 0 bridgehead atoms. The van der Waals surface area contributed by atoms with Crippen molar-refractivity contribution in [1.82, 2.24) is 4.90 Å². The van der Waals surface area contributed by atoms with Gasteiger partial charge >= 0.3 is 17.9 Å². The summed E-state index contributed by atoms with van der Waals surface area (Å²) >= 11 is 12.2. The molecular formula is C33H25Cl2NO8. The third kappa shape index (κ3) is 6.54. The highest BCUT2D eigenvalue weighted by atomic mass is 35.5. The monoisotopic (exact) mass is 633 g/mol. The topological polar surface area (TPSA) is 141 Å². The van der Waals surface area contributed by atoms with E-state index in [9.17, 15) is 34.5 Å². The zero-order valence-electron chi connectivity index (χ0n) is 23.0. The van der Waals surface area contributed by atoms with Crippen LogP contribution in [-0.4, -0.2) is 44.0 Å². The summed E-state index contributed by atoms with van der Waals surface area (Å²) in [4.78, 5) is 51.8. The van der Waals surface area contributed by atoms with Gasteiger partial charge in [0.25, 0.3) is 5.91 Å².